The molecule has 2 aromatic rings. The van der Waals surface area contributed by atoms with Crippen molar-refractivity contribution in [2.75, 3.05) is 25.0 Å². The summed E-state index contributed by atoms with van der Waals surface area (Å²) in [5.41, 5.74) is 3.26. The van der Waals surface area contributed by atoms with Gasteiger partial charge in [0.05, 0.1) is 18.8 Å². The number of ether oxygens (including phenoxy) is 1. The van der Waals surface area contributed by atoms with Gasteiger partial charge < -0.3 is 20.5 Å². The second-order valence-electron chi connectivity index (χ2n) is 6.95. The van der Waals surface area contributed by atoms with Crippen LogP contribution >= 0.6 is 0 Å². The Bertz CT molecular complexity index is 671. The minimum absolute atomic E-state index is 0.0524. The number of rotatable bonds is 6. The topological polar surface area (TPSA) is 53.5 Å². The van der Waals surface area contributed by atoms with Crippen molar-refractivity contribution < 1.29 is 9.84 Å². The van der Waals surface area contributed by atoms with Gasteiger partial charge >= 0.3 is 0 Å². The summed E-state index contributed by atoms with van der Waals surface area (Å²) in [6, 6.07) is 16.6. The smallest absolute Gasteiger partial charge is 0.143 e. The highest BCUT2D eigenvalue weighted by Gasteiger charge is 2.21. The molecule has 128 valence electrons. The molecule has 24 heavy (non-hydrogen) atoms. The SMILES string of the molecule is CC(C)(CO)NCCc1ccc2c(c1)NCC(c1ccccc1)O2. The van der Waals surface area contributed by atoms with E-state index in [-0.39, 0.29) is 18.2 Å². The lowest BCUT2D eigenvalue weighted by atomic mass is 10.0. The van der Waals surface area contributed by atoms with Crippen LogP contribution < -0.4 is 15.4 Å². The standard InChI is InChI=1S/C20H26N2O2/c1-20(2,14-23)22-11-10-15-8-9-18-17(12-15)21-13-19(24-18)16-6-4-3-5-7-16/h3-9,12,19,21-23H,10-11,13-14H2,1-2H3. The van der Waals surface area contributed by atoms with Gasteiger partial charge in [-0.25, -0.2) is 0 Å². The summed E-state index contributed by atoms with van der Waals surface area (Å²) < 4.78 is 6.14. The number of aliphatic hydroxyl groups excluding tert-OH is 1. The number of benzene rings is 2. The average Bonchev–Trinajstić information content (AvgIpc) is 2.62. The number of hydrogen-bond acceptors (Lipinski definition) is 4. The second kappa shape index (κ2) is 7.24. The molecule has 0 radical (unpaired) electrons. The molecule has 1 heterocycles. The Morgan fingerprint density at radius 2 is 2.00 bits per heavy atom. The van der Waals surface area contributed by atoms with Gasteiger partial charge in [0.2, 0.25) is 0 Å². The first-order valence-corrected chi connectivity index (χ1v) is 8.52. The normalized spacial score (nSPS) is 16.9. The van der Waals surface area contributed by atoms with E-state index < -0.39 is 0 Å². The molecule has 0 spiro atoms. The zero-order valence-corrected chi connectivity index (χ0v) is 14.4. The number of anilines is 1. The molecule has 0 amide bonds. The zero-order valence-electron chi connectivity index (χ0n) is 14.4. The summed E-state index contributed by atoms with van der Waals surface area (Å²) in [5, 5.41) is 16.1. The van der Waals surface area contributed by atoms with Crippen molar-refractivity contribution in [3.63, 3.8) is 0 Å². The molecule has 3 rings (SSSR count). The van der Waals surface area contributed by atoms with E-state index in [0.29, 0.717) is 0 Å². The Labute approximate surface area is 143 Å². The van der Waals surface area contributed by atoms with Crippen molar-refractivity contribution in [3.8, 4) is 5.75 Å². The fourth-order valence-electron chi connectivity index (χ4n) is 2.83. The second-order valence-corrected chi connectivity index (χ2v) is 6.95. The Kier molecular flexibility index (Phi) is 5.07. The van der Waals surface area contributed by atoms with Crippen molar-refractivity contribution in [2.24, 2.45) is 0 Å². The molecule has 3 N–H and O–H groups in total. The van der Waals surface area contributed by atoms with Crippen LogP contribution in [0.1, 0.15) is 31.1 Å². The maximum absolute atomic E-state index is 9.28. The first-order valence-electron chi connectivity index (χ1n) is 8.52. The summed E-state index contributed by atoms with van der Waals surface area (Å²) in [4.78, 5) is 0. The molecule has 1 aliphatic rings. The average molecular weight is 326 g/mol. The molecule has 0 saturated heterocycles. The van der Waals surface area contributed by atoms with Crippen LogP contribution in [0.2, 0.25) is 0 Å². The van der Waals surface area contributed by atoms with Crippen LogP contribution in [0.3, 0.4) is 0 Å². The van der Waals surface area contributed by atoms with Gasteiger partial charge in [0.15, 0.2) is 0 Å². The van der Waals surface area contributed by atoms with Gasteiger partial charge in [0.1, 0.15) is 11.9 Å². The van der Waals surface area contributed by atoms with Gasteiger partial charge in [-0.3, -0.25) is 0 Å². The third kappa shape index (κ3) is 4.08. The van der Waals surface area contributed by atoms with Crippen molar-refractivity contribution in [1.82, 2.24) is 5.32 Å². The molecular weight excluding hydrogens is 300 g/mol. The van der Waals surface area contributed by atoms with Gasteiger partial charge in [-0.2, -0.15) is 0 Å². The fraction of sp³-hybridized carbons (Fsp3) is 0.400. The van der Waals surface area contributed by atoms with E-state index in [4.69, 9.17) is 4.74 Å². The Morgan fingerprint density at radius 1 is 1.21 bits per heavy atom. The van der Waals surface area contributed by atoms with E-state index in [0.717, 1.165) is 30.9 Å². The monoisotopic (exact) mass is 326 g/mol. The summed E-state index contributed by atoms with van der Waals surface area (Å²) in [7, 11) is 0. The molecule has 4 heteroatoms. The zero-order chi connectivity index (χ0) is 17.0. The van der Waals surface area contributed by atoms with Crippen molar-refractivity contribution >= 4 is 5.69 Å². The highest BCUT2D eigenvalue weighted by molar-refractivity contribution is 5.60. The Balaban J connectivity index is 1.62. The molecule has 1 atom stereocenters. The fourth-order valence-corrected chi connectivity index (χ4v) is 2.83. The van der Waals surface area contributed by atoms with Crippen LogP contribution in [0.15, 0.2) is 48.5 Å². The first kappa shape index (κ1) is 16.8. The molecule has 1 aliphatic heterocycles. The minimum Gasteiger partial charge on any atom is -0.482 e. The number of fused-ring (bicyclic) bond motifs is 1. The summed E-state index contributed by atoms with van der Waals surface area (Å²) in [5.74, 6) is 0.905. The third-order valence-corrected chi connectivity index (χ3v) is 4.37. The molecule has 0 aromatic heterocycles. The van der Waals surface area contributed by atoms with Gasteiger partial charge in [-0.05, 0) is 50.1 Å². The Hall–Kier alpha value is -2.04. The third-order valence-electron chi connectivity index (χ3n) is 4.37. The van der Waals surface area contributed by atoms with Crippen LogP contribution in [-0.2, 0) is 6.42 Å². The van der Waals surface area contributed by atoms with E-state index in [1.807, 2.05) is 38.1 Å². The first-order chi connectivity index (χ1) is 11.6. The van der Waals surface area contributed by atoms with Gasteiger partial charge in [-0.1, -0.05) is 36.4 Å². The molecule has 0 aliphatic carbocycles. The van der Waals surface area contributed by atoms with Crippen molar-refractivity contribution in [3.05, 3.63) is 59.7 Å². The van der Waals surface area contributed by atoms with Crippen molar-refractivity contribution in [2.45, 2.75) is 31.9 Å². The predicted molar refractivity (Wildman–Crippen MR) is 97.6 cm³/mol. The van der Waals surface area contributed by atoms with E-state index in [9.17, 15) is 5.11 Å². The van der Waals surface area contributed by atoms with Crippen LogP contribution in [-0.4, -0.2) is 30.3 Å². The highest BCUT2D eigenvalue weighted by atomic mass is 16.5. The summed E-state index contributed by atoms with van der Waals surface area (Å²) in [6.45, 7) is 5.74. The number of hydrogen-bond donors (Lipinski definition) is 3. The van der Waals surface area contributed by atoms with E-state index in [2.05, 4.69) is 34.9 Å². The molecule has 4 nitrogen and oxygen atoms in total. The van der Waals surface area contributed by atoms with E-state index in [1.54, 1.807) is 0 Å². The maximum Gasteiger partial charge on any atom is 0.143 e. The Morgan fingerprint density at radius 3 is 2.75 bits per heavy atom. The van der Waals surface area contributed by atoms with Crippen LogP contribution in [0, 0.1) is 0 Å². The van der Waals surface area contributed by atoms with Gasteiger partial charge in [0, 0.05) is 5.54 Å². The predicted octanol–water partition coefficient (Wildman–Crippen LogP) is 3.14. The minimum atomic E-state index is -0.238. The van der Waals surface area contributed by atoms with E-state index >= 15 is 0 Å². The molecule has 0 fully saturated rings. The molecular formula is C20H26N2O2. The molecule has 2 aromatic carbocycles. The van der Waals surface area contributed by atoms with Gasteiger partial charge in [0.25, 0.3) is 0 Å². The number of aliphatic hydroxyl groups is 1. The lowest BCUT2D eigenvalue weighted by Gasteiger charge is -2.28. The summed E-state index contributed by atoms with van der Waals surface area (Å²) >= 11 is 0. The maximum atomic E-state index is 9.28. The summed E-state index contributed by atoms with van der Waals surface area (Å²) in [6.07, 6.45) is 0.970. The lowest BCUT2D eigenvalue weighted by Crippen LogP contribution is -2.43. The van der Waals surface area contributed by atoms with Crippen LogP contribution in [0.5, 0.6) is 5.75 Å². The molecule has 0 bridgehead atoms. The molecule has 0 saturated carbocycles. The number of nitrogens with one attached hydrogen (secondary N) is 2. The lowest BCUT2D eigenvalue weighted by molar-refractivity contribution is 0.189. The largest absolute Gasteiger partial charge is 0.482 e. The molecule has 1 unspecified atom stereocenters. The van der Waals surface area contributed by atoms with Gasteiger partial charge in [-0.15, -0.1) is 0 Å². The quantitative estimate of drug-likeness (QED) is 0.763. The highest BCUT2D eigenvalue weighted by Crippen LogP contribution is 2.34. The van der Waals surface area contributed by atoms with Crippen LogP contribution in [0.25, 0.3) is 0 Å². The van der Waals surface area contributed by atoms with Crippen LogP contribution in [0.4, 0.5) is 5.69 Å². The van der Waals surface area contributed by atoms with E-state index in [1.165, 1.54) is 11.1 Å². The van der Waals surface area contributed by atoms with Crippen molar-refractivity contribution in [1.29, 1.82) is 0 Å².